The van der Waals surface area contributed by atoms with Gasteiger partial charge in [-0.05, 0) is 25.8 Å². The lowest BCUT2D eigenvalue weighted by Gasteiger charge is -2.24. The van der Waals surface area contributed by atoms with E-state index in [0.29, 0.717) is 26.1 Å². The summed E-state index contributed by atoms with van der Waals surface area (Å²) in [5, 5.41) is 4.22. The zero-order valence-corrected chi connectivity index (χ0v) is 14.2. The number of carbonyl (C=O) groups is 1. The van der Waals surface area contributed by atoms with E-state index in [2.05, 4.69) is 10.1 Å². The van der Waals surface area contributed by atoms with E-state index < -0.39 is 0 Å². The molecule has 0 unspecified atom stereocenters. The highest BCUT2D eigenvalue weighted by atomic mass is 32.1. The molecule has 1 fully saturated rings. The number of nitrogens with zero attached hydrogens (tertiary/aromatic N) is 4. The number of thiazole rings is 1. The van der Waals surface area contributed by atoms with Crippen molar-refractivity contribution in [2.75, 3.05) is 19.7 Å². The summed E-state index contributed by atoms with van der Waals surface area (Å²) in [6, 6.07) is 1.90. The van der Waals surface area contributed by atoms with Gasteiger partial charge in [0.25, 0.3) is 0 Å². The number of amides is 1. The van der Waals surface area contributed by atoms with Crippen LogP contribution < -0.4 is 0 Å². The van der Waals surface area contributed by atoms with Gasteiger partial charge < -0.3 is 9.64 Å². The van der Waals surface area contributed by atoms with Gasteiger partial charge in [-0.25, -0.2) is 4.98 Å². The molecule has 3 heterocycles. The van der Waals surface area contributed by atoms with Gasteiger partial charge in [0, 0.05) is 43.4 Å². The highest BCUT2D eigenvalue weighted by Crippen LogP contribution is 2.16. The number of aromatic nitrogens is 3. The molecule has 0 bridgehead atoms. The highest BCUT2D eigenvalue weighted by molar-refractivity contribution is 7.09. The number of ether oxygens (including phenoxy) is 1. The molecule has 0 spiro atoms. The van der Waals surface area contributed by atoms with E-state index in [9.17, 15) is 4.79 Å². The van der Waals surface area contributed by atoms with Gasteiger partial charge in [-0.3, -0.25) is 9.48 Å². The minimum atomic E-state index is 0.00601. The molecule has 6 nitrogen and oxygen atoms in total. The fourth-order valence-corrected chi connectivity index (χ4v) is 3.58. The Labute approximate surface area is 140 Å². The third-order valence-corrected chi connectivity index (χ3v) is 5.06. The van der Waals surface area contributed by atoms with Crippen LogP contribution in [0.2, 0.25) is 0 Å². The fourth-order valence-electron chi connectivity index (χ4n) is 2.79. The SMILES string of the molecule is Cc1ncsc1CCC(=O)N1CCCO[C@@H](Cn2cccn2)C1. The maximum Gasteiger partial charge on any atom is 0.223 e. The van der Waals surface area contributed by atoms with Gasteiger partial charge in [0.1, 0.15) is 0 Å². The van der Waals surface area contributed by atoms with E-state index in [4.69, 9.17) is 4.74 Å². The molecule has 124 valence electrons. The summed E-state index contributed by atoms with van der Waals surface area (Å²) in [4.78, 5) is 19.9. The molecule has 1 aliphatic rings. The molecule has 7 heteroatoms. The van der Waals surface area contributed by atoms with Gasteiger partial charge in [-0.15, -0.1) is 11.3 Å². The number of hydrogen-bond donors (Lipinski definition) is 0. The van der Waals surface area contributed by atoms with E-state index in [1.807, 2.05) is 34.3 Å². The van der Waals surface area contributed by atoms with Gasteiger partial charge >= 0.3 is 0 Å². The first-order valence-corrected chi connectivity index (χ1v) is 8.86. The molecule has 1 atom stereocenters. The molecule has 0 radical (unpaired) electrons. The van der Waals surface area contributed by atoms with Crippen molar-refractivity contribution in [2.45, 2.75) is 38.8 Å². The number of hydrogen-bond acceptors (Lipinski definition) is 5. The summed E-state index contributed by atoms with van der Waals surface area (Å²) >= 11 is 1.63. The first kappa shape index (κ1) is 16.1. The molecule has 2 aromatic rings. The second kappa shape index (κ2) is 7.70. The second-order valence-electron chi connectivity index (χ2n) is 5.78. The summed E-state index contributed by atoms with van der Waals surface area (Å²) in [5.74, 6) is 0.203. The van der Waals surface area contributed by atoms with Crippen LogP contribution in [0, 0.1) is 6.92 Å². The number of aryl methyl sites for hydroxylation is 2. The smallest absolute Gasteiger partial charge is 0.223 e. The molecule has 0 N–H and O–H groups in total. The van der Waals surface area contributed by atoms with E-state index in [0.717, 1.165) is 25.1 Å². The van der Waals surface area contributed by atoms with Crippen LogP contribution in [0.1, 0.15) is 23.4 Å². The molecule has 2 aromatic heterocycles. The third-order valence-electron chi connectivity index (χ3n) is 4.06. The number of carbonyl (C=O) groups excluding carboxylic acids is 1. The highest BCUT2D eigenvalue weighted by Gasteiger charge is 2.23. The van der Waals surface area contributed by atoms with Crippen LogP contribution >= 0.6 is 11.3 Å². The molecule has 1 aliphatic heterocycles. The van der Waals surface area contributed by atoms with Crippen molar-refractivity contribution >= 4 is 17.2 Å². The van der Waals surface area contributed by atoms with Gasteiger partial charge in [0.2, 0.25) is 5.91 Å². The molecular weight excluding hydrogens is 312 g/mol. The van der Waals surface area contributed by atoms with Gasteiger partial charge in [-0.2, -0.15) is 5.10 Å². The Morgan fingerprint density at radius 1 is 1.52 bits per heavy atom. The first-order valence-electron chi connectivity index (χ1n) is 7.98. The monoisotopic (exact) mass is 334 g/mol. The Morgan fingerprint density at radius 3 is 3.17 bits per heavy atom. The Hall–Kier alpha value is -1.73. The summed E-state index contributed by atoms with van der Waals surface area (Å²) in [7, 11) is 0. The van der Waals surface area contributed by atoms with Crippen molar-refractivity contribution in [3.63, 3.8) is 0 Å². The molecule has 3 rings (SSSR count). The Bertz CT molecular complexity index is 626. The summed E-state index contributed by atoms with van der Waals surface area (Å²) < 4.78 is 7.72. The van der Waals surface area contributed by atoms with Crippen molar-refractivity contribution in [1.82, 2.24) is 19.7 Å². The normalized spacial score (nSPS) is 18.8. The van der Waals surface area contributed by atoms with Gasteiger partial charge in [-0.1, -0.05) is 0 Å². The first-order chi connectivity index (χ1) is 11.2. The molecule has 1 amide bonds. The van der Waals surface area contributed by atoms with Crippen LogP contribution in [-0.2, 0) is 22.5 Å². The minimum Gasteiger partial charge on any atom is -0.374 e. The van der Waals surface area contributed by atoms with Crippen molar-refractivity contribution in [3.05, 3.63) is 34.5 Å². The second-order valence-corrected chi connectivity index (χ2v) is 6.71. The molecule has 0 aliphatic carbocycles. The van der Waals surface area contributed by atoms with Crippen molar-refractivity contribution in [2.24, 2.45) is 0 Å². The van der Waals surface area contributed by atoms with Crippen LogP contribution in [0.4, 0.5) is 0 Å². The molecule has 0 saturated carbocycles. The van der Waals surface area contributed by atoms with Crippen LogP contribution in [0.5, 0.6) is 0 Å². The molecule has 0 aromatic carbocycles. The molecular formula is C16H22N4O2S. The van der Waals surface area contributed by atoms with Crippen molar-refractivity contribution in [3.8, 4) is 0 Å². The fraction of sp³-hybridized carbons (Fsp3) is 0.562. The van der Waals surface area contributed by atoms with E-state index in [-0.39, 0.29) is 12.0 Å². The summed E-state index contributed by atoms with van der Waals surface area (Å²) in [6.07, 6.45) is 5.89. The quantitative estimate of drug-likeness (QED) is 0.838. The predicted molar refractivity (Wildman–Crippen MR) is 88.3 cm³/mol. The van der Waals surface area contributed by atoms with Gasteiger partial charge in [0.15, 0.2) is 0 Å². The zero-order chi connectivity index (χ0) is 16.1. The number of rotatable bonds is 5. The van der Waals surface area contributed by atoms with Gasteiger partial charge in [0.05, 0.1) is 23.9 Å². The Kier molecular flexibility index (Phi) is 5.40. The average Bonchev–Trinajstić information content (AvgIpc) is 3.13. The lowest BCUT2D eigenvalue weighted by Crippen LogP contribution is -2.38. The summed E-state index contributed by atoms with van der Waals surface area (Å²) in [6.45, 7) is 4.79. The van der Waals surface area contributed by atoms with E-state index in [1.165, 1.54) is 4.88 Å². The lowest BCUT2D eigenvalue weighted by atomic mass is 10.2. The van der Waals surface area contributed by atoms with Crippen LogP contribution in [-0.4, -0.2) is 51.4 Å². The Balaban J connectivity index is 1.54. The van der Waals surface area contributed by atoms with Crippen molar-refractivity contribution in [1.29, 1.82) is 0 Å². The van der Waals surface area contributed by atoms with E-state index in [1.54, 1.807) is 17.5 Å². The van der Waals surface area contributed by atoms with Crippen LogP contribution in [0.15, 0.2) is 24.0 Å². The molecule has 23 heavy (non-hydrogen) atoms. The average molecular weight is 334 g/mol. The standard InChI is InChI=1S/C16H22N4O2S/c1-13-15(23-12-17-13)4-5-16(21)19-7-3-9-22-14(10-19)11-20-8-2-6-18-20/h2,6,8,12,14H,3-5,7,9-11H2,1H3/t14-/m1/s1. The largest absolute Gasteiger partial charge is 0.374 e. The van der Waals surface area contributed by atoms with Crippen molar-refractivity contribution < 1.29 is 9.53 Å². The van der Waals surface area contributed by atoms with Crippen LogP contribution in [0.3, 0.4) is 0 Å². The maximum absolute atomic E-state index is 12.5. The molecule has 1 saturated heterocycles. The third kappa shape index (κ3) is 4.39. The Morgan fingerprint density at radius 2 is 2.43 bits per heavy atom. The lowest BCUT2D eigenvalue weighted by molar-refractivity contribution is -0.132. The topological polar surface area (TPSA) is 60.3 Å². The van der Waals surface area contributed by atoms with Crippen LogP contribution in [0.25, 0.3) is 0 Å². The zero-order valence-electron chi connectivity index (χ0n) is 13.4. The summed E-state index contributed by atoms with van der Waals surface area (Å²) in [5.41, 5.74) is 2.88. The maximum atomic E-state index is 12.5. The van der Waals surface area contributed by atoms with E-state index >= 15 is 0 Å². The predicted octanol–water partition coefficient (Wildman–Crippen LogP) is 1.90. The minimum absolute atomic E-state index is 0.00601.